The van der Waals surface area contributed by atoms with E-state index in [-0.39, 0.29) is 0 Å². The predicted octanol–water partition coefficient (Wildman–Crippen LogP) is 0.503. The SMILES string of the molecule is OP1(S)=COC1. The summed E-state index contributed by atoms with van der Waals surface area (Å²) in [6.45, 7) is 0. The van der Waals surface area contributed by atoms with E-state index in [1.165, 1.54) is 5.98 Å². The van der Waals surface area contributed by atoms with E-state index in [2.05, 4.69) is 17.0 Å². The summed E-state index contributed by atoms with van der Waals surface area (Å²) >= 11 is 3.83. The summed E-state index contributed by atoms with van der Waals surface area (Å²) in [6.07, 6.45) is -1.44. The average molecular weight is 124 g/mol. The van der Waals surface area contributed by atoms with Gasteiger partial charge in [-0.15, -0.1) is 12.2 Å². The smallest absolute Gasteiger partial charge is 0.105 e. The van der Waals surface area contributed by atoms with Gasteiger partial charge in [-0.1, -0.05) is 0 Å². The lowest BCUT2D eigenvalue weighted by molar-refractivity contribution is 0.364. The molecule has 0 spiro atoms. The minimum absolute atomic E-state index is 0.427. The molecule has 0 saturated heterocycles. The van der Waals surface area contributed by atoms with Crippen molar-refractivity contribution in [3.05, 3.63) is 0 Å². The lowest BCUT2D eigenvalue weighted by Gasteiger charge is -2.18. The first-order valence-electron chi connectivity index (χ1n) is 1.50. The van der Waals surface area contributed by atoms with Crippen molar-refractivity contribution in [1.29, 1.82) is 0 Å². The lowest BCUT2D eigenvalue weighted by atomic mass is 11.5. The predicted molar refractivity (Wildman–Crippen MR) is 30.1 cm³/mol. The van der Waals surface area contributed by atoms with E-state index in [0.29, 0.717) is 6.35 Å². The topological polar surface area (TPSA) is 29.5 Å². The van der Waals surface area contributed by atoms with Crippen molar-refractivity contribution in [2.45, 2.75) is 0 Å². The van der Waals surface area contributed by atoms with Gasteiger partial charge in [-0.2, -0.15) is 0 Å². The summed E-state index contributed by atoms with van der Waals surface area (Å²) in [4.78, 5) is 8.71. The van der Waals surface area contributed by atoms with E-state index >= 15 is 0 Å². The van der Waals surface area contributed by atoms with Crippen LogP contribution in [0.4, 0.5) is 0 Å². The summed E-state index contributed by atoms with van der Waals surface area (Å²) in [5.41, 5.74) is 0. The molecule has 0 radical (unpaired) electrons. The molecular weight excluding hydrogens is 119 g/mol. The monoisotopic (exact) mass is 124 g/mol. The fraction of sp³-hybridized carbons (Fsp3) is 0.500. The largest absolute Gasteiger partial charge is 0.362 e. The molecule has 0 amide bonds. The second kappa shape index (κ2) is 1.27. The zero-order chi connectivity index (χ0) is 4.62. The molecule has 0 aromatic carbocycles. The molecule has 0 saturated carbocycles. The minimum Gasteiger partial charge on any atom is -0.362 e. The van der Waals surface area contributed by atoms with Crippen LogP contribution in [0.1, 0.15) is 0 Å². The normalized spacial score (nSPS) is 43.7. The maximum Gasteiger partial charge on any atom is 0.105 e. The fourth-order valence-electron chi connectivity index (χ4n) is 0.208. The first-order valence-corrected chi connectivity index (χ1v) is 4.65. The Labute approximate surface area is 41.3 Å². The Morgan fingerprint density at radius 2 is 2.33 bits per heavy atom. The van der Waals surface area contributed by atoms with Gasteiger partial charge in [-0.25, -0.2) is 0 Å². The molecule has 0 aromatic heterocycles. The van der Waals surface area contributed by atoms with Crippen molar-refractivity contribution in [1.82, 2.24) is 0 Å². The molecule has 0 aromatic rings. The number of thiol groups is 1. The summed E-state index contributed by atoms with van der Waals surface area (Å²) in [6, 6.07) is 0. The van der Waals surface area contributed by atoms with Crippen molar-refractivity contribution in [3.8, 4) is 0 Å². The molecule has 2 nitrogen and oxygen atoms in total. The standard InChI is InChI=1S/C2H5O2PS/c3-5(6)1-4-2-5/h1,3,6H,2H2. The molecule has 1 N–H and O–H groups in total. The quantitative estimate of drug-likeness (QED) is 0.364. The van der Waals surface area contributed by atoms with E-state index in [0.717, 1.165) is 0 Å². The summed E-state index contributed by atoms with van der Waals surface area (Å²) in [5.74, 6) is 1.40. The van der Waals surface area contributed by atoms with E-state index < -0.39 is 6.31 Å². The Balaban J connectivity index is 2.73. The van der Waals surface area contributed by atoms with E-state index in [1.54, 1.807) is 0 Å². The van der Waals surface area contributed by atoms with Crippen LogP contribution < -0.4 is 0 Å². The number of hydrogen-bond acceptors (Lipinski definition) is 3. The van der Waals surface area contributed by atoms with Gasteiger partial charge in [-0.3, -0.25) is 0 Å². The third kappa shape index (κ3) is 0.793. The van der Waals surface area contributed by atoms with Crippen LogP contribution in [0.5, 0.6) is 0 Å². The molecule has 6 heavy (non-hydrogen) atoms. The van der Waals surface area contributed by atoms with Gasteiger partial charge in [0.1, 0.15) is 6.35 Å². The lowest BCUT2D eigenvalue weighted by Crippen LogP contribution is -2.02. The maximum absolute atomic E-state index is 8.71. The van der Waals surface area contributed by atoms with Gasteiger partial charge in [0.25, 0.3) is 0 Å². The highest BCUT2D eigenvalue weighted by Crippen LogP contribution is 2.51. The molecular formula is C2H5O2PS. The zero-order valence-electron chi connectivity index (χ0n) is 3.03. The van der Waals surface area contributed by atoms with Crippen molar-refractivity contribution in [2.75, 3.05) is 6.35 Å². The molecule has 1 unspecified atom stereocenters. The molecule has 1 aliphatic heterocycles. The molecule has 0 fully saturated rings. The Kier molecular flexibility index (Phi) is 1.000. The zero-order valence-corrected chi connectivity index (χ0v) is 4.82. The van der Waals surface area contributed by atoms with Gasteiger partial charge < -0.3 is 9.63 Å². The summed E-state index contributed by atoms with van der Waals surface area (Å²) in [5, 5.41) is 0. The number of rotatable bonds is 0. The molecule has 1 heterocycles. The van der Waals surface area contributed by atoms with Crippen LogP contribution in [-0.2, 0) is 4.74 Å². The summed E-state index contributed by atoms with van der Waals surface area (Å²) < 4.78 is 4.54. The van der Waals surface area contributed by atoms with E-state index in [1.807, 2.05) is 0 Å². The van der Waals surface area contributed by atoms with Gasteiger partial charge in [0.2, 0.25) is 0 Å². The molecule has 1 rings (SSSR count). The van der Waals surface area contributed by atoms with Gasteiger partial charge in [0.15, 0.2) is 0 Å². The van der Waals surface area contributed by atoms with Gasteiger partial charge in [-0.05, 0) is 0 Å². The highest BCUT2D eigenvalue weighted by molar-refractivity contribution is 8.50. The van der Waals surface area contributed by atoms with Crippen LogP contribution in [-0.4, -0.2) is 17.2 Å². The van der Waals surface area contributed by atoms with Crippen molar-refractivity contribution in [2.24, 2.45) is 0 Å². The van der Waals surface area contributed by atoms with Crippen LogP contribution in [0.2, 0.25) is 0 Å². The molecule has 36 valence electrons. The van der Waals surface area contributed by atoms with E-state index in [4.69, 9.17) is 4.89 Å². The van der Waals surface area contributed by atoms with Crippen LogP contribution in [0.25, 0.3) is 0 Å². The van der Waals surface area contributed by atoms with Crippen LogP contribution in [0.15, 0.2) is 0 Å². The third-order valence-electron chi connectivity index (χ3n) is 0.508. The van der Waals surface area contributed by atoms with E-state index in [9.17, 15) is 0 Å². The van der Waals surface area contributed by atoms with Gasteiger partial charge in [0.05, 0.1) is 12.3 Å². The summed E-state index contributed by atoms with van der Waals surface area (Å²) in [7, 11) is 0. The second-order valence-corrected chi connectivity index (χ2v) is 5.31. The Bertz CT molecular complexity index is 104. The van der Waals surface area contributed by atoms with Crippen LogP contribution in [0, 0.1) is 0 Å². The second-order valence-electron chi connectivity index (χ2n) is 1.19. The fourth-order valence-corrected chi connectivity index (χ4v) is 1.02. The minimum atomic E-state index is -1.87. The number of hydrogen-bond donors (Lipinski definition) is 2. The average Bonchev–Trinajstić information content (AvgIpc) is 1.32. The highest BCUT2D eigenvalue weighted by atomic mass is 32.7. The van der Waals surface area contributed by atoms with Crippen molar-refractivity contribution >= 4 is 24.5 Å². The Morgan fingerprint density at radius 1 is 2.00 bits per heavy atom. The molecule has 1 aliphatic rings. The van der Waals surface area contributed by atoms with Crippen molar-refractivity contribution < 1.29 is 9.63 Å². The first-order chi connectivity index (χ1) is 2.71. The maximum atomic E-state index is 8.71. The third-order valence-corrected chi connectivity index (χ3v) is 2.15. The number of ether oxygens (including phenoxy) is 1. The van der Waals surface area contributed by atoms with Crippen LogP contribution >= 0.6 is 18.6 Å². The van der Waals surface area contributed by atoms with Gasteiger partial charge in [0, 0.05) is 0 Å². The van der Waals surface area contributed by atoms with Crippen LogP contribution in [0.3, 0.4) is 0 Å². The molecule has 4 heteroatoms. The van der Waals surface area contributed by atoms with Crippen molar-refractivity contribution in [3.63, 3.8) is 0 Å². The Hall–Kier alpha value is 0.570. The Morgan fingerprint density at radius 3 is 2.33 bits per heavy atom. The highest BCUT2D eigenvalue weighted by Gasteiger charge is 2.14. The molecule has 0 aliphatic carbocycles. The molecule has 0 bridgehead atoms. The first kappa shape index (κ1) is 4.72. The van der Waals surface area contributed by atoms with Gasteiger partial charge >= 0.3 is 0 Å². The molecule has 1 atom stereocenters.